The second-order valence-corrected chi connectivity index (χ2v) is 7.41. The number of hydrogen-bond donors (Lipinski definition) is 2. The van der Waals surface area contributed by atoms with E-state index in [1.54, 1.807) is 0 Å². The van der Waals surface area contributed by atoms with Gasteiger partial charge in [0.1, 0.15) is 5.82 Å². The summed E-state index contributed by atoms with van der Waals surface area (Å²) >= 11 is 0. The van der Waals surface area contributed by atoms with Crippen LogP contribution < -0.4 is 5.73 Å². The molecule has 0 spiro atoms. The van der Waals surface area contributed by atoms with Gasteiger partial charge in [-0.05, 0) is 43.4 Å². The van der Waals surface area contributed by atoms with E-state index in [4.69, 9.17) is 5.73 Å². The Bertz CT molecular complexity index is 449. The highest BCUT2D eigenvalue weighted by atomic mass is 15.2. The fraction of sp³-hybridized carbons (Fsp3) is 0.824. The Morgan fingerprint density at radius 2 is 1.90 bits per heavy atom. The van der Waals surface area contributed by atoms with E-state index in [2.05, 4.69) is 24.0 Å². The van der Waals surface area contributed by atoms with E-state index < -0.39 is 0 Å². The molecule has 0 saturated heterocycles. The number of nitrogens with zero attached hydrogens (tertiary/aromatic N) is 1. The zero-order valence-electron chi connectivity index (χ0n) is 13.0. The number of anilines is 1. The number of nitrogen functional groups attached to an aromatic ring is 1. The Labute approximate surface area is 122 Å². The fourth-order valence-electron chi connectivity index (χ4n) is 4.49. The van der Waals surface area contributed by atoms with Gasteiger partial charge in [-0.1, -0.05) is 39.5 Å². The van der Waals surface area contributed by atoms with Crippen LogP contribution in [0.1, 0.15) is 76.0 Å². The second-order valence-electron chi connectivity index (χ2n) is 7.41. The molecular formula is C17H29N3. The molecule has 0 amide bonds. The van der Waals surface area contributed by atoms with Crippen LogP contribution >= 0.6 is 0 Å². The van der Waals surface area contributed by atoms with E-state index in [-0.39, 0.29) is 0 Å². The van der Waals surface area contributed by atoms with Crippen LogP contribution in [-0.4, -0.2) is 10.2 Å². The minimum atomic E-state index is 0.639. The summed E-state index contributed by atoms with van der Waals surface area (Å²) in [6, 6.07) is 0. The van der Waals surface area contributed by atoms with E-state index in [9.17, 15) is 0 Å². The van der Waals surface area contributed by atoms with Gasteiger partial charge in [0.25, 0.3) is 0 Å². The van der Waals surface area contributed by atoms with E-state index in [0.717, 1.165) is 24.1 Å². The van der Waals surface area contributed by atoms with Crippen molar-refractivity contribution in [3.8, 4) is 0 Å². The first-order valence-electron chi connectivity index (χ1n) is 8.47. The average Bonchev–Trinajstić information content (AvgIpc) is 2.79. The zero-order chi connectivity index (χ0) is 14.1. The molecule has 3 nitrogen and oxygen atoms in total. The monoisotopic (exact) mass is 275 g/mol. The third-order valence-electron chi connectivity index (χ3n) is 5.49. The van der Waals surface area contributed by atoms with Gasteiger partial charge in [0.05, 0.1) is 0 Å². The lowest BCUT2D eigenvalue weighted by Gasteiger charge is -2.39. The SMILES string of the molecule is CC(C)Cc1c(N)n[nH]c1C1CCC2CCCCC2C1. The first kappa shape index (κ1) is 14.0. The first-order valence-corrected chi connectivity index (χ1v) is 8.47. The summed E-state index contributed by atoms with van der Waals surface area (Å²) in [6.45, 7) is 4.52. The maximum Gasteiger partial charge on any atom is 0.148 e. The molecule has 3 N–H and O–H groups in total. The molecule has 0 aliphatic heterocycles. The molecule has 1 aromatic heterocycles. The maximum atomic E-state index is 6.09. The molecule has 3 heteroatoms. The van der Waals surface area contributed by atoms with Gasteiger partial charge in [0, 0.05) is 17.2 Å². The van der Waals surface area contributed by atoms with Crippen LogP contribution in [0.4, 0.5) is 5.82 Å². The lowest BCUT2D eigenvalue weighted by Crippen LogP contribution is -2.27. The molecule has 112 valence electrons. The Morgan fingerprint density at radius 3 is 2.65 bits per heavy atom. The van der Waals surface area contributed by atoms with Crippen LogP contribution in [0, 0.1) is 17.8 Å². The normalized spacial score (nSPS) is 30.4. The summed E-state index contributed by atoms with van der Waals surface area (Å²) in [6.07, 6.45) is 11.0. The van der Waals surface area contributed by atoms with Crippen molar-refractivity contribution in [1.82, 2.24) is 10.2 Å². The molecule has 20 heavy (non-hydrogen) atoms. The minimum Gasteiger partial charge on any atom is -0.382 e. The van der Waals surface area contributed by atoms with E-state index in [1.165, 1.54) is 56.2 Å². The van der Waals surface area contributed by atoms with Crippen molar-refractivity contribution in [2.24, 2.45) is 17.8 Å². The number of fused-ring (bicyclic) bond motifs is 1. The van der Waals surface area contributed by atoms with Gasteiger partial charge in [-0.2, -0.15) is 5.10 Å². The quantitative estimate of drug-likeness (QED) is 0.865. The molecule has 1 heterocycles. The van der Waals surface area contributed by atoms with Gasteiger partial charge in [-0.3, -0.25) is 5.10 Å². The van der Waals surface area contributed by atoms with Crippen molar-refractivity contribution >= 4 is 5.82 Å². The number of nitrogens with two attached hydrogens (primary N) is 1. The Hall–Kier alpha value is -0.990. The second kappa shape index (κ2) is 5.79. The van der Waals surface area contributed by atoms with Crippen LogP contribution in [0.15, 0.2) is 0 Å². The Kier molecular flexibility index (Phi) is 4.04. The molecule has 0 radical (unpaired) electrons. The van der Waals surface area contributed by atoms with Gasteiger partial charge >= 0.3 is 0 Å². The fourth-order valence-corrected chi connectivity index (χ4v) is 4.49. The van der Waals surface area contributed by atoms with Gasteiger partial charge in [-0.15, -0.1) is 0 Å². The summed E-state index contributed by atoms with van der Waals surface area (Å²) < 4.78 is 0. The minimum absolute atomic E-state index is 0.639. The lowest BCUT2D eigenvalue weighted by molar-refractivity contribution is 0.154. The highest BCUT2D eigenvalue weighted by molar-refractivity contribution is 5.43. The average molecular weight is 275 g/mol. The lowest BCUT2D eigenvalue weighted by atomic mass is 9.66. The van der Waals surface area contributed by atoms with Crippen molar-refractivity contribution in [3.63, 3.8) is 0 Å². The van der Waals surface area contributed by atoms with Crippen molar-refractivity contribution in [2.75, 3.05) is 5.73 Å². The molecule has 1 aromatic rings. The van der Waals surface area contributed by atoms with Crippen LogP contribution in [0.5, 0.6) is 0 Å². The standard InChI is InChI=1S/C17H29N3/c1-11(2)9-15-16(19-20-17(15)18)14-8-7-12-5-3-4-6-13(12)10-14/h11-14H,3-10H2,1-2H3,(H3,18,19,20). The third kappa shape index (κ3) is 2.72. The van der Waals surface area contributed by atoms with Gasteiger partial charge < -0.3 is 5.73 Å². The third-order valence-corrected chi connectivity index (χ3v) is 5.49. The van der Waals surface area contributed by atoms with E-state index in [0.29, 0.717) is 11.8 Å². The van der Waals surface area contributed by atoms with Crippen LogP contribution in [-0.2, 0) is 6.42 Å². The van der Waals surface area contributed by atoms with Crippen molar-refractivity contribution in [2.45, 2.75) is 71.1 Å². The first-order chi connectivity index (χ1) is 9.65. The predicted molar refractivity (Wildman–Crippen MR) is 83.6 cm³/mol. The van der Waals surface area contributed by atoms with E-state index >= 15 is 0 Å². The number of aromatic nitrogens is 2. The number of rotatable bonds is 3. The topological polar surface area (TPSA) is 54.7 Å². The summed E-state index contributed by atoms with van der Waals surface area (Å²) in [4.78, 5) is 0. The number of aromatic amines is 1. The molecule has 0 bridgehead atoms. The molecule has 2 saturated carbocycles. The largest absolute Gasteiger partial charge is 0.382 e. The highest BCUT2D eigenvalue weighted by Crippen LogP contribution is 2.46. The molecule has 2 fully saturated rings. The predicted octanol–water partition coefficient (Wildman–Crippen LogP) is 4.26. The van der Waals surface area contributed by atoms with Crippen LogP contribution in [0.3, 0.4) is 0 Å². The smallest absolute Gasteiger partial charge is 0.148 e. The van der Waals surface area contributed by atoms with Crippen molar-refractivity contribution in [1.29, 1.82) is 0 Å². The molecular weight excluding hydrogens is 246 g/mol. The van der Waals surface area contributed by atoms with Crippen LogP contribution in [0.25, 0.3) is 0 Å². The van der Waals surface area contributed by atoms with Gasteiger partial charge in [0.15, 0.2) is 0 Å². The summed E-state index contributed by atoms with van der Waals surface area (Å²) in [7, 11) is 0. The Morgan fingerprint density at radius 1 is 1.15 bits per heavy atom. The van der Waals surface area contributed by atoms with Gasteiger partial charge in [0.2, 0.25) is 0 Å². The zero-order valence-corrected chi connectivity index (χ0v) is 13.0. The Balaban J connectivity index is 1.76. The molecule has 3 atom stereocenters. The van der Waals surface area contributed by atoms with E-state index in [1.807, 2.05) is 0 Å². The number of H-pyrrole nitrogens is 1. The van der Waals surface area contributed by atoms with Crippen LogP contribution in [0.2, 0.25) is 0 Å². The maximum absolute atomic E-state index is 6.09. The number of hydrogen-bond acceptors (Lipinski definition) is 2. The molecule has 3 unspecified atom stereocenters. The summed E-state index contributed by atoms with van der Waals surface area (Å²) in [5.74, 6) is 4.01. The molecule has 2 aliphatic carbocycles. The highest BCUT2D eigenvalue weighted by Gasteiger charge is 2.34. The summed E-state index contributed by atoms with van der Waals surface area (Å²) in [5, 5.41) is 7.57. The molecule has 3 rings (SSSR count). The summed E-state index contributed by atoms with van der Waals surface area (Å²) in [5.41, 5.74) is 8.75. The van der Waals surface area contributed by atoms with Gasteiger partial charge in [-0.25, -0.2) is 0 Å². The number of nitrogens with one attached hydrogen (secondary N) is 1. The molecule has 0 aromatic carbocycles. The van der Waals surface area contributed by atoms with Crippen molar-refractivity contribution < 1.29 is 0 Å². The van der Waals surface area contributed by atoms with Crippen molar-refractivity contribution in [3.05, 3.63) is 11.3 Å². The molecule has 2 aliphatic rings.